The van der Waals surface area contributed by atoms with Crippen LogP contribution < -0.4 is 0 Å². The number of rotatable bonds is 0. The van der Waals surface area contributed by atoms with Crippen molar-refractivity contribution in [2.75, 3.05) is 5.75 Å². The Balaban J connectivity index is 2.37. The van der Waals surface area contributed by atoms with Gasteiger partial charge in [0.05, 0.1) is 10.6 Å². The molecule has 2 aromatic rings. The normalized spacial score (nSPS) is 16.3. The van der Waals surface area contributed by atoms with Crippen molar-refractivity contribution in [3.8, 4) is 16.9 Å². The summed E-state index contributed by atoms with van der Waals surface area (Å²) in [7, 11) is -3.34. The Hall–Kier alpha value is -1.81. The fourth-order valence-electron chi connectivity index (χ4n) is 2.54. The van der Waals surface area contributed by atoms with Gasteiger partial charge in [0.1, 0.15) is 5.75 Å². The fraction of sp³-hybridized carbons (Fsp3) is 0.200. The van der Waals surface area contributed by atoms with E-state index in [2.05, 4.69) is 0 Å². The van der Waals surface area contributed by atoms with E-state index in [1.165, 1.54) is 12.1 Å². The number of fused-ring (bicyclic) bond motifs is 3. The molecule has 0 spiro atoms. The highest BCUT2D eigenvalue weighted by molar-refractivity contribution is 7.91. The molecule has 4 heteroatoms. The highest BCUT2D eigenvalue weighted by atomic mass is 32.2. The molecule has 0 saturated carbocycles. The average Bonchev–Trinajstić information content (AvgIpc) is 2.46. The maximum absolute atomic E-state index is 12.3. The van der Waals surface area contributed by atoms with Crippen LogP contribution in [0.1, 0.15) is 11.1 Å². The summed E-state index contributed by atoms with van der Waals surface area (Å²) in [6.45, 7) is 2.00. The van der Waals surface area contributed by atoms with E-state index in [1.807, 2.05) is 25.1 Å². The van der Waals surface area contributed by atoms with Gasteiger partial charge in [0.15, 0.2) is 9.84 Å². The summed E-state index contributed by atoms with van der Waals surface area (Å²) in [5.41, 5.74) is 3.80. The Morgan fingerprint density at radius 2 is 1.79 bits per heavy atom. The Bertz CT molecular complexity index is 761. The number of benzene rings is 2. The molecule has 1 N–H and O–H groups in total. The third-order valence-corrected chi connectivity index (χ3v) is 5.24. The first-order chi connectivity index (χ1) is 8.97. The summed E-state index contributed by atoms with van der Waals surface area (Å²) in [4.78, 5) is 0.232. The monoisotopic (exact) mass is 274 g/mol. The second-order valence-electron chi connectivity index (χ2n) is 4.91. The minimum Gasteiger partial charge on any atom is -0.508 e. The molecule has 0 atom stereocenters. The van der Waals surface area contributed by atoms with Crippen LogP contribution in [0.25, 0.3) is 11.1 Å². The number of phenols is 1. The lowest BCUT2D eigenvalue weighted by molar-refractivity contribution is 0.473. The molecular weight excluding hydrogens is 260 g/mol. The molecule has 0 aromatic heterocycles. The van der Waals surface area contributed by atoms with Crippen LogP contribution >= 0.6 is 0 Å². The van der Waals surface area contributed by atoms with Crippen molar-refractivity contribution in [3.05, 3.63) is 47.5 Å². The zero-order valence-electron chi connectivity index (χ0n) is 10.6. The van der Waals surface area contributed by atoms with Gasteiger partial charge in [0.25, 0.3) is 0 Å². The van der Waals surface area contributed by atoms with Gasteiger partial charge in [-0.1, -0.05) is 23.8 Å². The lowest BCUT2D eigenvalue weighted by Gasteiger charge is -2.09. The van der Waals surface area contributed by atoms with Gasteiger partial charge < -0.3 is 5.11 Å². The van der Waals surface area contributed by atoms with Crippen LogP contribution in [0.2, 0.25) is 0 Å². The highest BCUT2D eigenvalue weighted by Gasteiger charge is 2.25. The van der Waals surface area contributed by atoms with E-state index < -0.39 is 9.84 Å². The number of aryl methyl sites for hydroxylation is 2. The van der Waals surface area contributed by atoms with Crippen molar-refractivity contribution in [2.45, 2.75) is 18.2 Å². The van der Waals surface area contributed by atoms with Crippen molar-refractivity contribution < 1.29 is 13.5 Å². The van der Waals surface area contributed by atoms with E-state index in [1.54, 1.807) is 6.07 Å². The molecule has 19 heavy (non-hydrogen) atoms. The molecule has 0 unspecified atom stereocenters. The van der Waals surface area contributed by atoms with E-state index in [9.17, 15) is 13.5 Å². The van der Waals surface area contributed by atoms with Crippen LogP contribution in [0.4, 0.5) is 0 Å². The lowest BCUT2D eigenvalue weighted by Crippen LogP contribution is -2.07. The Labute approximate surface area is 112 Å². The highest BCUT2D eigenvalue weighted by Crippen LogP contribution is 2.36. The topological polar surface area (TPSA) is 54.4 Å². The van der Waals surface area contributed by atoms with Crippen molar-refractivity contribution in [1.29, 1.82) is 0 Å². The van der Waals surface area contributed by atoms with Gasteiger partial charge in [-0.05, 0) is 42.7 Å². The second-order valence-corrected chi connectivity index (χ2v) is 6.99. The molecular formula is C15H14O3S. The van der Waals surface area contributed by atoms with Crippen LogP contribution in [0.3, 0.4) is 0 Å². The van der Waals surface area contributed by atoms with Gasteiger partial charge in [0, 0.05) is 5.56 Å². The molecule has 98 valence electrons. The Kier molecular flexibility index (Phi) is 2.64. The minimum atomic E-state index is -3.34. The van der Waals surface area contributed by atoms with Gasteiger partial charge in [-0.15, -0.1) is 0 Å². The summed E-state index contributed by atoms with van der Waals surface area (Å²) in [6, 6.07) is 10.5. The van der Waals surface area contributed by atoms with Gasteiger partial charge in [0.2, 0.25) is 0 Å². The van der Waals surface area contributed by atoms with E-state index in [-0.39, 0.29) is 16.4 Å². The summed E-state index contributed by atoms with van der Waals surface area (Å²) in [5, 5.41) is 9.54. The molecule has 0 fully saturated rings. The van der Waals surface area contributed by atoms with Crippen molar-refractivity contribution >= 4 is 9.84 Å². The molecule has 1 aliphatic rings. The zero-order valence-corrected chi connectivity index (χ0v) is 11.4. The number of sulfone groups is 1. The molecule has 2 aromatic carbocycles. The van der Waals surface area contributed by atoms with Crippen LogP contribution in [0.5, 0.6) is 5.75 Å². The van der Waals surface area contributed by atoms with Crippen molar-refractivity contribution in [2.24, 2.45) is 0 Å². The number of hydrogen-bond acceptors (Lipinski definition) is 3. The summed E-state index contributed by atoms with van der Waals surface area (Å²) < 4.78 is 24.6. The van der Waals surface area contributed by atoms with Gasteiger partial charge in [-0.3, -0.25) is 0 Å². The average molecular weight is 274 g/mol. The van der Waals surface area contributed by atoms with E-state index >= 15 is 0 Å². The van der Waals surface area contributed by atoms with Gasteiger partial charge >= 0.3 is 0 Å². The molecule has 0 saturated heterocycles. The first kappa shape index (κ1) is 12.2. The number of hydrogen-bond donors (Lipinski definition) is 1. The predicted octanol–water partition coefficient (Wildman–Crippen LogP) is 2.70. The largest absolute Gasteiger partial charge is 0.508 e. The van der Waals surface area contributed by atoms with Gasteiger partial charge in [-0.2, -0.15) is 0 Å². The number of aromatic hydroxyl groups is 1. The third kappa shape index (κ3) is 2.02. The van der Waals surface area contributed by atoms with Gasteiger partial charge in [-0.25, -0.2) is 8.42 Å². The standard InChI is InChI=1S/C15H14O3S/c1-10-2-4-13-11(8-10)6-7-19(17,18)15-9-12(16)3-5-14(13)15/h2-5,8-9,16H,6-7H2,1H3. The van der Waals surface area contributed by atoms with E-state index in [0.717, 1.165) is 16.7 Å². The van der Waals surface area contributed by atoms with Crippen molar-refractivity contribution in [3.63, 3.8) is 0 Å². The van der Waals surface area contributed by atoms with E-state index in [4.69, 9.17) is 0 Å². The quantitative estimate of drug-likeness (QED) is 0.803. The lowest BCUT2D eigenvalue weighted by atomic mass is 9.96. The summed E-state index contributed by atoms with van der Waals surface area (Å²) in [6.07, 6.45) is 0.509. The minimum absolute atomic E-state index is 0.0158. The van der Waals surface area contributed by atoms with Crippen LogP contribution in [-0.2, 0) is 16.3 Å². The fourth-order valence-corrected chi connectivity index (χ4v) is 4.06. The maximum Gasteiger partial charge on any atom is 0.179 e. The van der Waals surface area contributed by atoms with E-state index in [0.29, 0.717) is 12.0 Å². The molecule has 3 rings (SSSR count). The molecule has 3 nitrogen and oxygen atoms in total. The Morgan fingerprint density at radius 1 is 1.05 bits per heavy atom. The molecule has 0 bridgehead atoms. The van der Waals surface area contributed by atoms with Crippen LogP contribution in [-0.4, -0.2) is 19.3 Å². The molecule has 0 amide bonds. The maximum atomic E-state index is 12.3. The molecule has 1 heterocycles. The first-order valence-corrected chi connectivity index (χ1v) is 7.78. The number of phenolic OH excluding ortho intramolecular Hbond substituents is 1. The predicted molar refractivity (Wildman–Crippen MR) is 74.0 cm³/mol. The third-order valence-electron chi connectivity index (χ3n) is 3.49. The molecule has 0 radical (unpaired) electrons. The first-order valence-electron chi connectivity index (χ1n) is 6.13. The Morgan fingerprint density at radius 3 is 2.58 bits per heavy atom. The van der Waals surface area contributed by atoms with Crippen molar-refractivity contribution in [1.82, 2.24) is 0 Å². The van der Waals surface area contributed by atoms with Crippen LogP contribution in [0, 0.1) is 6.92 Å². The molecule has 0 aliphatic carbocycles. The smallest absolute Gasteiger partial charge is 0.179 e. The molecule has 1 aliphatic heterocycles. The summed E-state index contributed by atoms with van der Waals surface area (Å²) >= 11 is 0. The summed E-state index contributed by atoms with van der Waals surface area (Å²) in [5.74, 6) is 0.0674. The van der Waals surface area contributed by atoms with Crippen LogP contribution in [0.15, 0.2) is 41.3 Å². The zero-order chi connectivity index (χ0) is 13.6. The SMILES string of the molecule is Cc1ccc2c(c1)CCS(=O)(=O)c1cc(O)ccc1-2. The second kappa shape index (κ2) is 4.10.